The van der Waals surface area contributed by atoms with Crippen LogP contribution in [0.25, 0.3) is 0 Å². The number of hydrogen-bond donors (Lipinski definition) is 0. The zero-order chi connectivity index (χ0) is 15.9. The van der Waals surface area contributed by atoms with Gasteiger partial charge in [0.05, 0.1) is 6.04 Å². The summed E-state index contributed by atoms with van der Waals surface area (Å²) in [4.78, 5) is 4.58. The predicted molar refractivity (Wildman–Crippen MR) is 93.8 cm³/mol. The molecule has 0 radical (unpaired) electrons. The van der Waals surface area contributed by atoms with Crippen LogP contribution in [0.1, 0.15) is 33.3 Å². The fourth-order valence-electron chi connectivity index (χ4n) is 3.15. The number of benzene rings is 1. The van der Waals surface area contributed by atoms with E-state index in [1.165, 1.54) is 16.5 Å². The van der Waals surface area contributed by atoms with Gasteiger partial charge in [-0.25, -0.2) is 0 Å². The third-order valence-corrected chi connectivity index (χ3v) is 4.10. The molecule has 1 aromatic carbocycles. The van der Waals surface area contributed by atoms with Crippen molar-refractivity contribution in [3.63, 3.8) is 0 Å². The number of hydrogen-bond acceptors (Lipinski definition) is 2. The van der Waals surface area contributed by atoms with Gasteiger partial charge >= 0.3 is 39.3 Å². The molecule has 1 aromatic rings. The predicted octanol–water partition coefficient (Wildman–Crippen LogP) is 5.40. The van der Waals surface area contributed by atoms with Gasteiger partial charge in [0, 0.05) is 0 Å². The van der Waals surface area contributed by atoms with Crippen molar-refractivity contribution < 1.29 is 15.6 Å². The third kappa shape index (κ3) is 4.81. The minimum absolute atomic E-state index is 0.157. The number of ether oxygens (including phenoxy) is 1. The zero-order valence-corrected chi connectivity index (χ0v) is 17.0. The minimum atomic E-state index is -0.157. The average molecular weight is 464 g/mol. The Balaban J connectivity index is 0.000000677. The average Bonchev–Trinajstić information content (AvgIpc) is 2.85. The molecule has 0 saturated carbocycles. The Labute approximate surface area is 148 Å². The van der Waals surface area contributed by atoms with Crippen molar-refractivity contribution in [1.82, 2.24) is 0 Å². The van der Waals surface area contributed by atoms with Crippen molar-refractivity contribution in [2.24, 2.45) is 16.8 Å². The van der Waals surface area contributed by atoms with Gasteiger partial charge in [-0.3, -0.25) is 4.99 Å². The molecule has 0 aromatic heterocycles. The molecule has 1 aliphatic heterocycles. The Bertz CT molecular complexity index is 429. The zero-order valence-electron chi connectivity index (χ0n) is 12.8. The van der Waals surface area contributed by atoms with E-state index < -0.39 is 0 Å². The summed E-state index contributed by atoms with van der Waals surface area (Å²) in [6.45, 7) is 8.92. The van der Waals surface area contributed by atoms with Gasteiger partial charge in [-0.15, -0.1) is 0 Å². The quantitative estimate of drug-likeness (QED) is 0.548. The van der Waals surface area contributed by atoms with Crippen LogP contribution in [-0.4, -0.2) is 18.0 Å². The molecule has 5 heteroatoms. The first-order valence-electron chi connectivity index (χ1n) is 7.04. The van der Waals surface area contributed by atoms with Gasteiger partial charge in [0.2, 0.25) is 0 Å². The molecule has 1 heterocycles. The summed E-state index contributed by atoms with van der Waals surface area (Å²) in [7, 11) is 1.25. The van der Waals surface area contributed by atoms with E-state index in [2.05, 4.69) is 91.5 Å². The maximum atomic E-state index is 5.96. The summed E-state index contributed by atoms with van der Waals surface area (Å²) >= 11 is 6.00. The number of aliphatic imine (C=N–C) groups is 1. The molecule has 2 rings (SSSR count). The molecule has 122 valence electrons. The first-order chi connectivity index (χ1) is 9.98. The van der Waals surface area contributed by atoms with Crippen molar-refractivity contribution in [2.75, 3.05) is 0 Å². The number of rotatable bonds is 4. The van der Waals surface area contributed by atoms with Crippen LogP contribution in [0.5, 0.6) is 0 Å². The van der Waals surface area contributed by atoms with Gasteiger partial charge in [-0.05, 0) is 23.8 Å². The summed E-state index contributed by atoms with van der Waals surface area (Å²) in [6.07, 6.45) is 2.61. The van der Waals surface area contributed by atoms with Gasteiger partial charge in [0.15, 0.2) is 6.40 Å². The van der Waals surface area contributed by atoms with Crippen molar-refractivity contribution in [1.29, 1.82) is 0 Å². The van der Waals surface area contributed by atoms with Crippen LogP contribution in [0.3, 0.4) is 0 Å². The van der Waals surface area contributed by atoms with E-state index in [1.54, 1.807) is 6.40 Å². The Kier molecular flexibility index (Phi) is 8.52. The Morgan fingerprint density at radius 2 is 1.67 bits per heavy atom. The first kappa shape index (κ1) is 19.2. The second kappa shape index (κ2) is 9.32. The SMILES string of the molecule is CC(C)C1(C(C)C)OC=N[C@@H]1Cc1ccccc1.[Br][Ni][Br]. The van der Waals surface area contributed by atoms with Crippen LogP contribution in [-0.2, 0) is 22.1 Å². The molecule has 0 aliphatic carbocycles. The van der Waals surface area contributed by atoms with Crippen molar-refractivity contribution in [3.05, 3.63) is 35.9 Å². The van der Waals surface area contributed by atoms with Crippen molar-refractivity contribution in [3.8, 4) is 0 Å². The van der Waals surface area contributed by atoms with Gasteiger partial charge < -0.3 is 4.74 Å². The fraction of sp³-hybridized carbons (Fsp3) is 0.562. The standard InChI is InChI=1S/C16H23NO.2BrH.Ni/c1-12(2)16(13(3)4)15(17-11-18-16)10-14-8-6-5-7-9-14;;;/h5-9,11-13,15H,10H2,1-4H3;2*1H;/q;;;+2/p-2/t15-;;;/m1.../s1. The second-order valence-electron chi connectivity index (χ2n) is 5.79. The van der Waals surface area contributed by atoms with Crippen molar-refractivity contribution >= 4 is 34.9 Å². The summed E-state index contributed by atoms with van der Waals surface area (Å²) in [5, 5.41) is 0. The molecule has 2 nitrogen and oxygen atoms in total. The molecule has 0 spiro atoms. The topological polar surface area (TPSA) is 21.6 Å². The normalized spacial score (nSPS) is 19.5. The van der Waals surface area contributed by atoms with E-state index in [0.717, 1.165) is 6.42 Å². The van der Waals surface area contributed by atoms with Crippen LogP contribution in [0.15, 0.2) is 35.3 Å². The third-order valence-electron chi connectivity index (χ3n) is 4.10. The van der Waals surface area contributed by atoms with Crippen molar-refractivity contribution in [2.45, 2.75) is 45.8 Å². The van der Waals surface area contributed by atoms with E-state index in [1.807, 2.05) is 0 Å². The summed E-state index contributed by atoms with van der Waals surface area (Å²) in [5.74, 6) is 0.905. The summed E-state index contributed by atoms with van der Waals surface area (Å²) < 4.78 is 5.96. The molecule has 0 N–H and O–H groups in total. The second-order valence-corrected chi connectivity index (χ2v) is 10.8. The van der Waals surface area contributed by atoms with Crippen LogP contribution < -0.4 is 0 Å². The molecule has 0 amide bonds. The van der Waals surface area contributed by atoms with Gasteiger partial charge in [0.1, 0.15) is 5.60 Å². The number of nitrogens with zero attached hydrogens (tertiary/aromatic N) is 1. The van der Waals surface area contributed by atoms with E-state index in [0.29, 0.717) is 11.8 Å². The van der Waals surface area contributed by atoms with Crippen LogP contribution >= 0.6 is 28.5 Å². The Hall–Kier alpha value is 0.144. The molecule has 1 aliphatic rings. The van der Waals surface area contributed by atoms with E-state index >= 15 is 0 Å². The Morgan fingerprint density at radius 3 is 2.14 bits per heavy atom. The molecule has 0 fully saturated rings. The molecule has 0 unspecified atom stereocenters. The van der Waals surface area contributed by atoms with Crippen LogP contribution in [0.2, 0.25) is 0 Å². The molecular formula is C16H23Br2NNiO. The maximum absolute atomic E-state index is 5.96. The first-order valence-corrected chi connectivity index (χ1v) is 11.9. The molecular weight excluding hydrogens is 441 g/mol. The van der Waals surface area contributed by atoms with Crippen LogP contribution in [0, 0.1) is 11.8 Å². The van der Waals surface area contributed by atoms with E-state index in [9.17, 15) is 0 Å². The summed E-state index contributed by atoms with van der Waals surface area (Å²) in [6, 6.07) is 10.8. The fourth-order valence-corrected chi connectivity index (χ4v) is 3.15. The summed E-state index contributed by atoms with van der Waals surface area (Å²) in [5.41, 5.74) is 1.17. The van der Waals surface area contributed by atoms with Crippen LogP contribution in [0.4, 0.5) is 0 Å². The van der Waals surface area contributed by atoms with Gasteiger partial charge in [-0.2, -0.15) is 0 Å². The monoisotopic (exact) mass is 461 g/mol. The molecule has 0 saturated heterocycles. The number of halogens is 2. The molecule has 1 atom stereocenters. The van der Waals surface area contributed by atoms with Gasteiger partial charge in [-0.1, -0.05) is 58.0 Å². The van der Waals surface area contributed by atoms with E-state index in [4.69, 9.17) is 4.74 Å². The molecule has 0 bridgehead atoms. The molecule has 21 heavy (non-hydrogen) atoms. The van der Waals surface area contributed by atoms with E-state index in [-0.39, 0.29) is 11.6 Å². The Morgan fingerprint density at radius 1 is 1.14 bits per heavy atom. The van der Waals surface area contributed by atoms with Gasteiger partial charge in [0.25, 0.3) is 0 Å².